The van der Waals surface area contributed by atoms with Gasteiger partial charge in [-0.15, -0.1) is 0 Å². The second-order valence-corrected chi connectivity index (χ2v) is 3.05. The van der Waals surface area contributed by atoms with Crippen molar-refractivity contribution in [2.75, 3.05) is 0 Å². The Morgan fingerprint density at radius 1 is 1.40 bits per heavy atom. The number of nitrogens with zero attached hydrogens (tertiary/aromatic N) is 1. The predicted octanol–water partition coefficient (Wildman–Crippen LogP) is 2.13. The quantitative estimate of drug-likeness (QED) is 0.823. The summed E-state index contributed by atoms with van der Waals surface area (Å²) >= 11 is 0. The molecule has 0 amide bonds. The van der Waals surface area contributed by atoms with E-state index >= 15 is 0 Å². The minimum atomic E-state index is 0.486. The largest absolute Gasteiger partial charge is 0.439 e. The van der Waals surface area contributed by atoms with Crippen molar-refractivity contribution in [1.82, 2.24) is 4.98 Å². The van der Waals surface area contributed by atoms with Gasteiger partial charge in [0.15, 0.2) is 0 Å². The van der Waals surface area contributed by atoms with Crippen LogP contribution < -0.4 is 10.5 Å². The molecule has 0 unspecified atom stereocenters. The van der Waals surface area contributed by atoms with Crippen LogP contribution in [0.2, 0.25) is 0 Å². The molecule has 1 radical (unpaired) electrons. The van der Waals surface area contributed by atoms with Gasteiger partial charge in [-0.3, -0.25) is 0 Å². The lowest BCUT2D eigenvalue weighted by atomic mass is 10.3. The number of ether oxygens (including phenoxy) is 1. The molecule has 1 aromatic carbocycles. The lowest BCUT2D eigenvalue weighted by Gasteiger charge is -2.04. The summed E-state index contributed by atoms with van der Waals surface area (Å²) in [5.74, 6) is 1.27. The Labute approximate surface area is 88.5 Å². The van der Waals surface area contributed by atoms with Crippen LogP contribution in [0, 0.1) is 6.07 Å². The molecule has 1 aromatic heterocycles. The monoisotopic (exact) mass is 199 g/mol. The molecule has 2 rings (SSSR count). The lowest BCUT2D eigenvalue weighted by molar-refractivity contribution is 0.462. The van der Waals surface area contributed by atoms with Crippen molar-refractivity contribution in [1.29, 1.82) is 0 Å². The number of hydrogen-bond donors (Lipinski definition) is 1. The molecule has 0 aliphatic carbocycles. The molecule has 15 heavy (non-hydrogen) atoms. The summed E-state index contributed by atoms with van der Waals surface area (Å²) < 4.78 is 5.52. The summed E-state index contributed by atoms with van der Waals surface area (Å²) in [7, 11) is 0. The Bertz CT molecular complexity index is 429. The summed E-state index contributed by atoms with van der Waals surface area (Å²) in [6.45, 7) is 0.486. The van der Waals surface area contributed by atoms with E-state index in [0.717, 1.165) is 11.3 Å². The van der Waals surface area contributed by atoms with E-state index in [1.54, 1.807) is 12.3 Å². The molecule has 0 fully saturated rings. The van der Waals surface area contributed by atoms with Crippen LogP contribution in [0.5, 0.6) is 11.6 Å². The Morgan fingerprint density at radius 3 is 3.07 bits per heavy atom. The summed E-state index contributed by atoms with van der Waals surface area (Å²) in [6, 6.07) is 13.9. The van der Waals surface area contributed by atoms with Gasteiger partial charge >= 0.3 is 0 Å². The first-order valence-electron chi connectivity index (χ1n) is 4.67. The molecule has 2 N–H and O–H groups in total. The van der Waals surface area contributed by atoms with Crippen LogP contribution in [0.1, 0.15) is 5.56 Å². The number of hydrogen-bond acceptors (Lipinski definition) is 3. The third-order valence-corrected chi connectivity index (χ3v) is 1.94. The highest BCUT2D eigenvalue weighted by Gasteiger charge is 1.98. The Hall–Kier alpha value is -1.87. The number of pyridine rings is 1. The maximum Gasteiger partial charge on any atom is 0.219 e. The zero-order chi connectivity index (χ0) is 10.5. The van der Waals surface area contributed by atoms with Gasteiger partial charge in [0.05, 0.1) is 0 Å². The molecule has 0 bridgehead atoms. The average molecular weight is 199 g/mol. The maximum absolute atomic E-state index is 5.52. The second kappa shape index (κ2) is 4.57. The zero-order valence-electron chi connectivity index (χ0n) is 8.18. The van der Waals surface area contributed by atoms with Gasteiger partial charge in [-0.05, 0) is 29.8 Å². The van der Waals surface area contributed by atoms with Crippen LogP contribution in [0.15, 0.2) is 42.6 Å². The SMILES string of the molecule is NCc1ccnc(Oc2c[c]ccc2)c1. The van der Waals surface area contributed by atoms with Crippen LogP contribution in [-0.2, 0) is 6.54 Å². The van der Waals surface area contributed by atoms with Gasteiger partial charge in [0.2, 0.25) is 5.88 Å². The van der Waals surface area contributed by atoms with Crippen molar-refractivity contribution in [3.63, 3.8) is 0 Å². The lowest BCUT2D eigenvalue weighted by Crippen LogP contribution is -1.97. The molecule has 0 spiro atoms. The van der Waals surface area contributed by atoms with E-state index in [1.165, 1.54) is 0 Å². The van der Waals surface area contributed by atoms with Gasteiger partial charge in [0, 0.05) is 18.8 Å². The van der Waals surface area contributed by atoms with Gasteiger partial charge in [0.1, 0.15) is 5.75 Å². The summed E-state index contributed by atoms with van der Waals surface area (Å²) in [4.78, 5) is 4.09. The van der Waals surface area contributed by atoms with Crippen molar-refractivity contribution in [3.8, 4) is 11.6 Å². The normalized spacial score (nSPS) is 9.93. The topological polar surface area (TPSA) is 48.1 Å². The Morgan fingerprint density at radius 2 is 2.33 bits per heavy atom. The number of rotatable bonds is 3. The molecule has 0 aliphatic rings. The van der Waals surface area contributed by atoms with Gasteiger partial charge < -0.3 is 10.5 Å². The first kappa shape index (κ1) is 9.68. The molecule has 0 atom stereocenters. The van der Waals surface area contributed by atoms with Crippen molar-refractivity contribution < 1.29 is 4.74 Å². The van der Waals surface area contributed by atoms with Gasteiger partial charge in [0.25, 0.3) is 0 Å². The molecule has 0 aliphatic heterocycles. The van der Waals surface area contributed by atoms with Crippen molar-refractivity contribution in [2.24, 2.45) is 5.73 Å². The molecule has 2 aromatic rings. The van der Waals surface area contributed by atoms with E-state index in [2.05, 4.69) is 11.1 Å². The standard InChI is InChI=1S/C12H11N2O/c13-9-10-6-7-14-12(8-10)15-11-4-2-1-3-5-11/h1-2,4-8H,9,13H2. The molecule has 3 nitrogen and oxygen atoms in total. The van der Waals surface area contributed by atoms with E-state index in [-0.39, 0.29) is 0 Å². The van der Waals surface area contributed by atoms with E-state index < -0.39 is 0 Å². The molecule has 0 saturated carbocycles. The smallest absolute Gasteiger partial charge is 0.219 e. The number of aromatic nitrogens is 1. The van der Waals surface area contributed by atoms with Crippen LogP contribution in [0.25, 0.3) is 0 Å². The van der Waals surface area contributed by atoms with Crippen molar-refractivity contribution in [2.45, 2.75) is 6.54 Å². The fourth-order valence-electron chi connectivity index (χ4n) is 1.19. The van der Waals surface area contributed by atoms with Gasteiger partial charge in [-0.2, -0.15) is 0 Å². The highest BCUT2D eigenvalue weighted by molar-refractivity contribution is 5.28. The van der Waals surface area contributed by atoms with Crippen molar-refractivity contribution in [3.05, 3.63) is 54.2 Å². The minimum Gasteiger partial charge on any atom is -0.439 e. The summed E-state index contributed by atoms with van der Waals surface area (Å²) in [5, 5.41) is 0. The molecule has 3 heteroatoms. The summed E-state index contributed by atoms with van der Waals surface area (Å²) in [6.07, 6.45) is 1.68. The highest BCUT2D eigenvalue weighted by Crippen LogP contribution is 2.18. The van der Waals surface area contributed by atoms with Gasteiger partial charge in [-0.25, -0.2) is 4.98 Å². The molecule has 0 saturated heterocycles. The fourth-order valence-corrected chi connectivity index (χ4v) is 1.19. The van der Waals surface area contributed by atoms with E-state index in [0.29, 0.717) is 12.4 Å². The minimum absolute atomic E-state index is 0.486. The molecule has 1 heterocycles. The third kappa shape index (κ3) is 2.54. The van der Waals surface area contributed by atoms with E-state index in [4.69, 9.17) is 10.5 Å². The van der Waals surface area contributed by atoms with Crippen LogP contribution in [0.3, 0.4) is 0 Å². The first-order chi connectivity index (χ1) is 7.38. The van der Waals surface area contributed by atoms with E-state index in [1.807, 2.05) is 30.3 Å². The van der Waals surface area contributed by atoms with Crippen LogP contribution in [-0.4, -0.2) is 4.98 Å². The first-order valence-corrected chi connectivity index (χ1v) is 4.67. The molecular formula is C12H11N2O. The Kier molecular flexibility index (Phi) is 2.95. The molecule has 75 valence electrons. The average Bonchev–Trinajstić information content (AvgIpc) is 2.31. The van der Waals surface area contributed by atoms with Crippen LogP contribution in [0.4, 0.5) is 0 Å². The van der Waals surface area contributed by atoms with Gasteiger partial charge in [-0.1, -0.05) is 12.1 Å². The highest BCUT2D eigenvalue weighted by atomic mass is 16.5. The molecular weight excluding hydrogens is 188 g/mol. The number of nitrogens with two attached hydrogens (primary N) is 1. The van der Waals surface area contributed by atoms with Crippen molar-refractivity contribution >= 4 is 0 Å². The zero-order valence-corrected chi connectivity index (χ0v) is 8.18. The summed E-state index contributed by atoms with van der Waals surface area (Å²) in [5.41, 5.74) is 6.52. The number of benzene rings is 1. The maximum atomic E-state index is 5.52. The van der Waals surface area contributed by atoms with E-state index in [9.17, 15) is 0 Å². The third-order valence-electron chi connectivity index (χ3n) is 1.94. The predicted molar refractivity (Wildman–Crippen MR) is 57.5 cm³/mol. The Balaban J connectivity index is 2.17. The van der Waals surface area contributed by atoms with Crippen LogP contribution >= 0.6 is 0 Å². The second-order valence-electron chi connectivity index (χ2n) is 3.05. The fraction of sp³-hybridized carbons (Fsp3) is 0.0833.